The van der Waals surface area contributed by atoms with Crippen LogP contribution >= 0.6 is 11.8 Å². The third-order valence-corrected chi connectivity index (χ3v) is 8.41. The number of benzene rings is 1. The summed E-state index contributed by atoms with van der Waals surface area (Å²) in [5.41, 5.74) is 4.88. The van der Waals surface area contributed by atoms with Crippen molar-refractivity contribution in [2.75, 3.05) is 32.4 Å². The Morgan fingerprint density at radius 1 is 1.34 bits per heavy atom. The van der Waals surface area contributed by atoms with E-state index in [4.69, 9.17) is 0 Å². The van der Waals surface area contributed by atoms with Crippen molar-refractivity contribution in [2.24, 2.45) is 10.5 Å². The molecule has 6 nitrogen and oxygen atoms in total. The highest BCUT2D eigenvalue weighted by molar-refractivity contribution is 7.99. The Hall–Kier alpha value is -2.46. The summed E-state index contributed by atoms with van der Waals surface area (Å²) in [4.78, 5) is 15.0. The summed E-state index contributed by atoms with van der Waals surface area (Å²) in [5.74, 6) is 2.20. The number of carbonyl (C=O) groups is 1. The zero-order chi connectivity index (χ0) is 25.1. The van der Waals surface area contributed by atoms with Gasteiger partial charge in [0.25, 0.3) is 0 Å². The fourth-order valence-electron chi connectivity index (χ4n) is 5.12. The molecule has 1 aromatic rings. The molecule has 35 heavy (non-hydrogen) atoms. The number of nitrogens with one attached hydrogen (secondary N) is 2. The second-order valence-electron chi connectivity index (χ2n) is 9.38. The highest BCUT2D eigenvalue weighted by Gasteiger charge is 2.57. The lowest BCUT2D eigenvalue weighted by Crippen LogP contribution is -2.35. The van der Waals surface area contributed by atoms with E-state index < -0.39 is 11.7 Å². The summed E-state index contributed by atoms with van der Waals surface area (Å²) < 4.78 is 38.5. The SMILES string of the molecule is C/C=C(\C=C/NC=O)C1=NNC(SCCCN2CC[C@]3(C[C@@H]3c3ccc(C(F)(F)F)cc3)C2)N1C. The molecule has 3 atom stereocenters. The number of nitrogens with zero attached hydrogens (tertiary/aromatic N) is 3. The lowest BCUT2D eigenvalue weighted by Gasteiger charge is -2.23. The van der Waals surface area contributed by atoms with Gasteiger partial charge in [0, 0.05) is 25.4 Å². The van der Waals surface area contributed by atoms with Gasteiger partial charge in [0.15, 0.2) is 11.3 Å². The highest BCUT2D eigenvalue weighted by Crippen LogP contribution is 2.64. The van der Waals surface area contributed by atoms with Crippen LogP contribution in [0.25, 0.3) is 0 Å². The molecule has 0 aromatic heterocycles. The van der Waals surface area contributed by atoms with E-state index in [1.54, 1.807) is 18.3 Å². The second-order valence-corrected chi connectivity index (χ2v) is 10.6. The van der Waals surface area contributed by atoms with Crippen LogP contribution in [-0.2, 0) is 11.0 Å². The molecule has 2 fully saturated rings. The number of alkyl halides is 3. The number of hydrogen-bond donors (Lipinski definition) is 2. The van der Waals surface area contributed by atoms with E-state index in [1.807, 2.05) is 37.9 Å². The summed E-state index contributed by atoms with van der Waals surface area (Å²) in [6.45, 7) is 5.05. The van der Waals surface area contributed by atoms with E-state index in [2.05, 4.69) is 25.6 Å². The first-order chi connectivity index (χ1) is 16.8. The van der Waals surface area contributed by atoms with Crippen LogP contribution in [0, 0.1) is 5.41 Å². The van der Waals surface area contributed by atoms with E-state index in [0.29, 0.717) is 12.3 Å². The molecule has 1 aliphatic carbocycles. The lowest BCUT2D eigenvalue weighted by atomic mass is 9.97. The van der Waals surface area contributed by atoms with Gasteiger partial charge in [-0.25, -0.2) is 0 Å². The monoisotopic (exact) mass is 507 g/mol. The number of allylic oxidation sites excluding steroid dienone is 1. The van der Waals surface area contributed by atoms with Crippen LogP contribution in [0.3, 0.4) is 0 Å². The molecular formula is C25H32F3N5OS. The maximum atomic E-state index is 12.8. The molecule has 4 rings (SSSR count). The Morgan fingerprint density at radius 3 is 2.80 bits per heavy atom. The van der Waals surface area contributed by atoms with Gasteiger partial charge in [-0.3, -0.25) is 10.2 Å². The first kappa shape index (κ1) is 25.6. The van der Waals surface area contributed by atoms with E-state index >= 15 is 0 Å². The number of amides is 1. The summed E-state index contributed by atoms with van der Waals surface area (Å²) in [7, 11) is 2.00. The number of likely N-dealkylation sites (N-methyl/N-ethyl adjacent to an activating group) is 1. The van der Waals surface area contributed by atoms with Crippen LogP contribution in [0.1, 0.15) is 43.2 Å². The third-order valence-electron chi connectivity index (χ3n) is 7.15. The van der Waals surface area contributed by atoms with Crippen molar-refractivity contribution in [3.05, 3.63) is 59.3 Å². The first-order valence-corrected chi connectivity index (χ1v) is 12.9. The molecule has 0 bridgehead atoms. The van der Waals surface area contributed by atoms with Gasteiger partial charge in [0.1, 0.15) is 0 Å². The number of rotatable bonds is 10. The van der Waals surface area contributed by atoms with E-state index in [-0.39, 0.29) is 10.9 Å². The largest absolute Gasteiger partial charge is 0.416 e. The lowest BCUT2D eigenvalue weighted by molar-refractivity contribution is -0.137. The fourth-order valence-corrected chi connectivity index (χ4v) is 6.09. The molecule has 1 saturated heterocycles. The van der Waals surface area contributed by atoms with Gasteiger partial charge < -0.3 is 15.1 Å². The number of carbonyl (C=O) groups excluding carboxylic acids is 1. The van der Waals surface area contributed by atoms with Gasteiger partial charge in [-0.1, -0.05) is 18.2 Å². The molecule has 0 radical (unpaired) electrons. The minimum atomic E-state index is -4.28. The predicted molar refractivity (Wildman–Crippen MR) is 134 cm³/mol. The average molecular weight is 508 g/mol. The number of amidine groups is 1. The van der Waals surface area contributed by atoms with E-state index in [9.17, 15) is 18.0 Å². The van der Waals surface area contributed by atoms with Gasteiger partial charge in [-0.2, -0.15) is 18.3 Å². The molecule has 1 unspecified atom stereocenters. The Balaban J connectivity index is 1.18. The molecular weight excluding hydrogens is 475 g/mol. The Labute approximate surface area is 208 Å². The predicted octanol–water partition coefficient (Wildman–Crippen LogP) is 4.35. The zero-order valence-electron chi connectivity index (χ0n) is 20.0. The van der Waals surface area contributed by atoms with Crippen molar-refractivity contribution in [3.63, 3.8) is 0 Å². The van der Waals surface area contributed by atoms with Crippen molar-refractivity contribution in [1.29, 1.82) is 0 Å². The number of thioether (sulfide) groups is 1. The van der Waals surface area contributed by atoms with E-state index in [0.717, 1.165) is 61.6 Å². The Kier molecular flexibility index (Phi) is 7.80. The Bertz CT molecular complexity index is 994. The van der Waals surface area contributed by atoms with Crippen LogP contribution < -0.4 is 10.7 Å². The third kappa shape index (κ3) is 5.86. The molecule has 1 saturated carbocycles. The van der Waals surface area contributed by atoms with Gasteiger partial charge in [0.05, 0.1) is 5.56 Å². The number of hydrazone groups is 1. The van der Waals surface area contributed by atoms with Crippen LogP contribution in [0.4, 0.5) is 13.2 Å². The minimum Gasteiger partial charge on any atom is -0.335 e. The second kappa shape index (κ2) is 10.7. The molecule has 1 aromatic carbocycles. The van der Waals surface area contributed by atoms with Crippen molar-refractivity contribution in [1.82, 2.24) is 20.5 Å². The first-order valence-electron chi connectivity index (χ1n) is 11.9. The fraction of sp³-hybridized carbons (Fsp3) is 0.520. The molecule has 3 aliphatic rings. The molecule has 10 heteroatoms. The number of halogens is 3. The molecule has 1 spiro atoms. The van der Waals surface area contributed by atoms with Crippen LogP contribution in [0.15, 0.2) is 53.3 Å². The zero-order valence-corrected chi connectivity index (χ0v) is 20.8. The van der Waals surface area contributed by atoms with Gasteiger partial charge in [-0.05, 0) is 80.1 Å². The van der Waals surface area contributed by atoms with Crippen molar-refractivity contribution in [3.8, 4) is 0 Å². The summed E-state index contributed by atoms with van der Waals surface area (Å²) in [5, 5.41) is 6.96. The average Bonchev–Trinajstić information content (AvgIpc) is 3.19. The van der Waals surface area contributed by atoms with Gasteiger partial charge in [-0.15, -0.1) is 11.8 Å². The quantitative estimate of drug-likeness (QED) is 0.280. The van der Waals surface area contributed by atoms with Crippen molar-refractivity contribution in [2.45, 2.75) is 43.8 Å². The molecule has 2 N–H and O–H groups in total. The van der Waals surface area contributed by atoms with Gasteiger partial charge in [0.2, 0.25) is 6.41 Å². The maximum absolute atomic E-state index is 12.8. The molecule has 2 heterocycles. The Morgan fingerprint density at radius 2 is 2.11 bits per heavy atom. The summed E-state index contributed by atoms with van der Waals surface area (Å²) in [6, 6.07) is 5.76. The summed E-state index contributed by atoms with van der Waals surface area (Å²) >= 11 is 1.81. The molecule has 1 amide bonds. The normalized spacial score (nSPS) is 26.9. The topological polar surface area (TPSA) is 60.0 Å². The van der Waals surface area contributed by atoms with Crippen LogP contribution in [-0.4, -0.2) is 60.0 Å². The van der Waals surface area contributed by atoms with Crippen LogP contribution in [0.2, 0.25) is 0 Å². The van der Waals surface area contributed by atoms with Crippen molar-refractivity contribution < 1.29 is 18.0 Å². The van der Waals surface area contributed by atoms with Gasteiger partial charge >= 0.3 is 6.18 Å². The number of hydrogen-bond acceptors (Lipinski definition) is 6. The van der Waals surface area contributed by atoms with Crippen LogP contribution in [0.5, 0.6) is 0 Å². The maximum Gasteiger partial charge on any atom is 0.416 e. The van der Waals surface area contributed by atoms with Crippen molar-refractivity contribution >= 4 is 24.0 Å². The smallest absolute Gasteiger partial charge is 0.335 e. The minimum absolute atomic E-state index is 0.0600. The summed E-state index contributed by atoms with van der Waals surface area (Å²) in [6.07, 6.45) is 4.96. The number of likely N-dealkylation sites (tertiary alicyclic amines) is 1. The molecule has 190 valence electrons. The molecule has 2 aliphatic heterocycles. The van der Waals surface area contributed by atoms with E-state index in [1.165, 1.54) is 12.1 Å². The standard InChI is InChI=1S/C25H32F3N5OS/c1-3-18(9-11-29-17-34)22-30-31-23(32(22)2)35-14-4-12-33-13-10-24(16-33)15-21(24)19-5-7-20(8-6-19)25(26,27)28/h3,5-9,11,17,21,23,31H,4,10,12-16H2,1-2H3,(H,29,34)/b11-9-,18-3+/t21-,23?,24+/m1/s1. The highest BCUT2D eigenvalue weighted by atomic mass is 32.2.